The molecule has 0 aromatic rings. The van der Waals surface area contributed by atoms with Crippen molar-refractivity contribution < 1.29 is 0 Å². The molecule has 2 nitrogen and oxygen atoms in total. The van der Waals surface area contributed by atoms with E-state index in [2.05, 4.69) is 37.0 Å². The average Bonchev–Trinajstić information content (AvgIpc) is 2.79. The number of alkyl halides is 3. The van der Waals surface area contributed by atoms with E-state index in [0.29, 0.717) is 33.3 Å². The zero-order chi connectivity index (χ0) is 10.7. The van der Waals surface area contributed by atoms with Gasteiger partial charge in [-0.25, -0.2) is 0 Å². The van der Waals surface area contributed by atoms with Crippen LogP contribution in [0.25, 0.3) is 0 Å². The molecule has 3 saturated carbocycles. The number of fused-ring (bicyclic) bond motifs is 5. The van der Waals surface area contributed by atoms with Gasteiger partial charge in [0.15, 0.2) is 0 Å². The summed E-state index contributed by atoms with van der Waals surface area (Å²) in [6, 6.07) is -0.129. The van der Waals surface area contributed by atoms with Crippen LogP contribution >= 0.6 is 43.5 Å². The normalized spacial score (nSPS) is 62.1. The Morgan fingerprint density at radius 1 is 1.13 bits per heavy atom. The Balaban J connectivity index is 1.91. The van der Waals surface area contributed by atoms with Crippen molar-refractivity contribution >= 4 is 43.5 Å². The third kappa shape index (κ3) is 1.34. The fraction of sp³-hybridized carbons (Fsp3) is 1.00. The standard InChI is InChI=1S/C10H12Br2ClNO/c11-6-2-3-4-1-5(7(3)8(6)12)9(13)10(4)14-15/h3-10H,1-2H2/t3-,4-,5+,6-,7-,8-,9-,10+/m0/s1. The molecule has 3 rings (SSSR count). The third-order valence-corrected chi connectivity index (χ3v) is 8.07. The van der Waals surface area contributed by atoms with Crippen LogP contribution in [0, 0.1) is 28.6 Å². The van der Waals surface area contributed by atoms with E-state index in [1.165, 1.54) is 0 Å². The maximum absolute atomic E-state index is 10.8. The highest BCUT2D eigenvalue weighted by Gasteiger charge is 2.63. The van der Waals surface area contributed by atoms with Crippen LogP contribution in [-0.4, -0.2) is 21.1 Å². The summed E-state index contributed by atoms with van der Waals surface area (Å²) >= 11 is 13.8. The van der Waals surface area contributed by atoms with Crippen LogP contribution in [0.1, 0.15) is 12.8 Å². The lowest BCUT2D eigenvalue weighted by atomic mass is 9.79. The first-order valence-electron chi connectivity index (χ1n) is 5.40. The summed E-state index contributed by atoms with van der Waals surface area (Å²) in [6.07, 6.45) is 2.28. The number of hydrogen-bond donors (Lipinski definition) is 0. The second-order valence-corrected chi connectivity index (χ2v) is 7.78. The van der Waals surface area contributed by atoms with Crippen molar-refractivity contribution in [1.82, 2.24) is 0 Å². The second kappa shape index (κ2) is 3.67. The van der Waals surface area contributed by atoms with Crippen molar-refractivity contribution in [3.05, 3.63) is 4.91 Å². The van der Waals surface area contributed by atoms with E-state index < -0.39 is 0 Å². The predicted molar refractivity (Wildman–Crippen MR) is 67.8 cm³/mol. The third-order valence-electron chi connectivity index (χ3n) is 4.59. The monoisotopic (exact) mass is 355 g/mol. The summed E-state index contributed by atoms with van der Waals surface area (Å²) in [4.78, 5) is 11.9. The highest BCUT2D eigenvalue weighted by atomic mass is 79.9. The molecule has 5 heteroatoms. The van der Waals surface area contributed by atoms with Crippen molar-refractivity contribution in [3.8, 4) is 0 Å². The average molecular weight is 357 g/mol. The molecule has 8 atom stereocenters. The molecule has 0 aliphatic heterocycles. The van der Waals surface area contributed by atoms with E-state index in [0.717, 1.165) is 12.8 Å². The summed E-state index contributed by atoms with van der Waals surface area (Å²) < 4.78 is 0. The van der Waals surface area contributed by atoms with Gasteiger partial charge in [0, 0.05) is 9.65 Å². The molecule has 15 heavy (non-hydrogen) atoms. The molecular weight excluding hydrogens is 345 g/mol. The van der Waals surface area contributed by atoms with E-state index in [9.17, 15) is 4.91 Å². The van der Waals surface area contributed by atoms with Crippen LogP contribution in [0.4, 0.5) is 0 Å². The van der Waals surface area contributed by atoms with Crippen molar-refractivity contribution in [2.45, 2.75) is 33.9 Å². The van der Waals surface area contributed by atoms with Crippen LogP contribution in [0.3, 0.4) is 0 Å². The molecule has 0 radical (unpaired) electrons. The topological polar surface area (TPSA) is 29.4 Å². The van der Waals surface area contributed by atoms with Crippen LogP contribution in [0.2, 0.25) is 0 Å². The van der Waals surface area contributed by atoms with E-state index in [4.69, 9.17) is 11.6 Å². The maximum Gasteiger partial charge on any atom is 0.112 e. The molecule has 0 amide bonds. The lowest BCUT2D eigenvalue weighted by molar-refractivity contribution is 0.242. The second-order valence-electron chi connectivity index (χ2n) is 5.04. The molecule has 0 aromatic heterocycles. The Morgan fingerprint density at radius 3 is 2.53 bits per heavy atom. The van der Waals surface area contributed by atoms with Crippen molar-refractivity contribution in [1.29, 1.82) is 0 Å². The molecule has 0 spiro atoms. The minimum absolute atomic E-state index is 0.0217. The SMILES string of the molecule is O=N[C@H]1[C@@H](Cl)[C@@H]2C[C@H]1[C@@H]1C[C@H](Br)[C@H](Br)[C@H]21. The Bertz CT molecular complexity index is 301. The number of rotatable bonds is 1. The first-order chi connectivity index (χ1) is 7.15. The van der Waals surface area contributed by atoms with Gasteiger partial charge in [-0.05, 0) is 36.5 Å². The van der Waals surface area contributed by atoms with Gasteiger partial charge in [0.1, 0.15) is 6.04 Å². The predicted octanol–water partition coefficient (Wildman–Crippen LogP) is 3.54. The largest absolute Gasteiger partial charge is 0.150 e. The van der Waals surface area contributed by atoms with Gasteiger partial charge in [-0.1, -0.05) is 37.0 Å². The zero-order valence-corrected chi connectivity index (χ0v) is 12.0. The molecule has 0 N–H and O–H groups in total. The van der Waals surface area contributed by atoms with Crippen molar-refractivity contribution in [2.24, 2.45) is 28.8 Å². The van der Waals surface area contributed by atoms with Crippen molar-refractivity contribution in [2.75, 3.05) is 0 Å². The first-order valence-corrected chi connectivity index (χ1v) is 7.66. The number of nitrogens with zero attached hydrogens (tertiary/aromatic N) is 1. The molecule has 3 aliphatic carbocycles. The minimum Gasteiger partial charge on any atom is -0.150 e. The first kappa shape index (κ1) is 11.0. The summed E-state index contributed by atoms with van der Waals surface area (Å²) in [5, 5.41) is 3.23. The molecule has 0 aromatic carbocycles. The zero-order valence-electron chi connectivity index (χ0n) is 8.02. The molecule has 2 bridgehead atoms. The Morgan fingerprint density at radius 2 is 1.87 bits per heavy atom. The maximum atomic E-state index is 10.8. The van der Waals surface area contributed by atoms with Crippen LogP contribution in [0.5, 0.6) is 0 Å². The fourth-order valence-electron chi connectivity index (χ4n) is 4.05. The van der Waals surface area contributed by atoms with Gasteiger partial charge in [-0.3, -0.25) is 0 Å². The van der Waals surface area contributed by atoms with Gasteiger partial charge in [0.25, 0.3) is 0 Å². The van der Waals surface area contributed by atoms with E-state index >= 15 is 0 Å². The van der Waals surface area contributed by atoms with Crippen LogP contribution in [-0.2, 0) is 0 Å². The van der Waals surface area contributed by atoms with Crippen LogP contribution in [0.15, 0.2) is 5.18 Å². The van der Waals surface area contributed by atoms with Gasteiger partial charge in [-0.2, -0.15) is 4.91 Å². The summed E-state index contributed by atoms with van der Waals surface area (Å²) in [5.41, 5.74) is 0. The fourth-order valence-corrected chi connectivity index (χ4v) is 6.33. The molecular formula is C10H12Br2ClNO. The molecule has 84 valence electrons. The Labute approximate surface area is 111 Å². The van der Waals surface area contributed by atoms with Crippen molar-refractivity contribution in [3.63, 3.8) is 0 Å². The number of hydrogen-bond acceptors (Lipinski definition) is 2. The van der Waals surface area contributed by atoms with E-state index in [-0.39, 0.29) is 11.4 Å². The smallest absolute Gasteiger partial charge is 0.112 e. The van der Waals surface area contributed by atoms with Gasteiger partial charge in [-0.15, -0.1) is 11.6 Å². The van der Waals surface area contributed by atoms with E-state index in [1.807, 2.05) is 0 Å². The molecule has 3 fully saturated rings. The quantitative estimate of drug-likeness (QED) is 0.521. The Hall–Kier alpha value is 0.850. The van der Waals surface area contributed by atoms with Gasteiger partial charge in [0.2, 0.25) is 0 Å². The van der Waals surface area contributed by atoms with Gasteiger partial charge in [0.05, 0.1) is 5.38 Å². The number of nitroso groups, excluding NO2 is 1. The summed E-state index contributed by atoms with van der Waals surface area (Å²) in [5.74, 6) is 2.25. The van der Waals surface area contributed by atoms with Gasteiger partial charge < -0.3 is 0 Å². The lowest BCUT2D eigenvalue weighted by Crippen LogP contribution is -2.38. The molecule has 3 aliphatic rings. The Kier molecular flexibility index (Phi) is 2.69. The highest BCUT2D eigenvalue weighted by molar-refractivity contribution is 9.12. The van der Waals surface area contributed by atoms with Crippen LogP contribution < -0.4 is 0 Å². The highest BCUT2D eigenvalue weighted by Crippen LogP contribution is 2.63. The van der Waals surface area contributed by atoms with E-state index in [1.54, 1.807) is 0 Å². The molecule has 0 unspecified atom stereocenters. The lowest BCUT2D eigenvalue weighted by Gasteiger charge is -2.32. The summed E-state index contributed by atoms with van der Waals surface area (Å²) in [6.45, 7) is 0. The molecule has 0 heterocycles. The van der Waals surface area contributed by atoms with Gasteiger partial charge >= 0.3 is 0 Å². The minimum atomic E-state index is -0.129. The number of halogens is 3. The summed E-state index contributed by atoms with van der Waals surface area (Å²) in [7, 11) is 0. The molecule has 0 saturated heterocycles.